The number of ether oxygens (including phenoxy) is 1. The lowest BCUT2D eigenvalue weighted by Crippen LogP contribution is -2.30. The average molecular weight is 326 g/mol. The van der Waals surface area contributed by atoms with Gasteiger partial charge in [0.1, 0.15) is 5.75 Å². The van der Waals surface area contributed by atoms with Gasteiger partial charge in [0.15, 0.2) is 0 Å². The molecule has 0 atom stereocenters. The Morgan fingerprint density at radius 1 is 1.17 bits per heavy atom. The second kappa shape index (κ2) is 7.86. The molecule has 0 aliphatic heterocycles. The normalized spacial score (nSPS) is 10.6. The lowest BCUT2D eigenvalue weighted by molar-refractivity contribution is 0.102. The number of anilines is 2. The van der Waals surface area contributed by atoms with E-state index in [4.69, 9.17) is 4.74 Å². The van der Waals surface area contributed by atoms with Gasteiger partial charge < -0.3 is 15.0 Å². The Hall–Kier alpha value is -2.49. The SMILES string of the molecule is CCN(c1ccc(NC(=O)c2ccc(C)c(OC)c2)cc1)C(C)C. The summed E-state index contributed by atoms with van der Waals surface area (Å²) in [6.07, 6.45) is 0. The topological polar surface area (TPSA) is 41.6 Å². The maximum absolute atomic E-state index is 12.4. The summed E-state index contributed by atoms with van der Waals surface area (Å²) in [4.78, 5) is 14.7. The van der Waals surface area contributed by atoms with Gasteiger partial charge in [0.25, 0.3) is 5.91 Å². The average Bonchev–Trinajstić information content (AvgIpc) is 2.57. The molecule has 0 saturated carbocycles. The zero-order valence-electron chi connectivity index (χ0n) is 15.1. The number of rotatable bonds is 6. The van der Waals surface area contributed by atoms with Crippen molar-refractivity contribution in [2.24, 2.45) is 0 Å². The van der Waals surface area contributed by atoms with E-state index in [9.17, 15) is 4.79 Å². The molecule has 0 unspecified atom stereocenters. The second-order valence-electron chi connectivity index (χ2n) is 6.07. The molecular formula is C20H26N2O2. The minimum absolute atomic E-state index is 0.141. The van der Waals surface area contributed by atoms with Crippen LogP contribution < -0.4 is 15.0 Å². The molecular weight excluding hydrogens is 300 g/mol. The molecule has 0 spiro atoms. The number of hydrogen-bond donors (Lipinski definition) is 1. The van der Waals surface area contributed by atoms with E-state index < -0.39 is 0 Å². The fourth-order valence-electron chi connectivity index (χ4n) is 2.75. The number of carbonyl (C=O) groups excluding carboxylic acids is 1. The van der Waals surface area contributed by atoms with Gasteiger partial charge in [-0.05, 0) is 69.7 Å². The van der Waals surface area contributed by atoms with Gasteiger partial charge in [0.05, 0.1) is 7.11 Å². The summed E-state index contributed by atoms with van der Waals surface area (Å²) in [6, 6.07) is 13.8. The van der Waals surface area contributed by atoms with Crippen molar-refractivity contribution in [1.29, 1.82) is 0 Å². The van der Waals surface area contributed by atoms with Crippen molar-refractivity contribution >= 4 is 17.3 Å². The molecule has 4 heteroatoms. The zero-order chi connectivity index (χ0) is 17.7. The first kappa shape index (κ1) is 17.9. The van der Waals surface area contributed by atoms with E-state index in [0.29, 0.717) is 17.4 Å². The third kappa shape index (κ3) is 4.07. The Bertz CT molecular complexity index is 693. The Kier molecular flexibility index (Phi) is 5.85. The molecule has 128 valence electrons. The van der Waals surface area contributed by atoms with Crippen LogP contribution in [0.4, 0.5) is 11.4 Å². The Morgan fingerprint density at radius 3 is 2.38 bits per heavy atom. The molecule has 0 radical (unpaired) electrons. The smallest absolute Gasteiger partial charge is 0.255 e. The van der Waals surface area contributed by atoms with Crippen LogP contribution in [0.15, 0.2) is 42.5 Å². The van der Waals surface area contributed by atoms with Crippen LogP contribution in [0.5, 0.6) is 5.75 Å². The molecule has 0 aliphatic rings. The van der Waals surface area contributed by atoms with Crippen molar-refractivity contribution in [1.82, 2.24) is 0 Å². The molecule has 0 aromatic heterocycles. The van der Waals surface area contributed by atoms with Gasteiger partial charge in [-0.25, -0.2) is 0 Å². The van der Waals surface area contributed by atoms with Crippen molar-refractivity contribution in [2.75, 3.05) is 23.9 Å². The molecule has 0 aliphatic carbocycles. The highest BCUT2D eigenvalue weighted by molar-refractivity contribution is 6.04. The van der Waals surface area contributed by atoms with Crippen LogP contribution in [-0.4, -0.2) is 25.6 Å². The first-order chi connectivity index (χ1) is 11.5. The summed E-state index contributed by atoms with van der Waals surface area (Å²) in [5.74, 6) is 0.575. The van der Waals surface area contributed by atoms with E-state index in [0.717, 1.165) is 23.5 Å². The number of benzene rings is 2. The molecule has 2 rings (SSSR count). The number of aryl methyl sites for hydroxylation is 1. The number of nitrogens with zero attached hydrogens (tertiary/aromatic N) is 1. The van der Waals surface area contributed by atoms with Crippen molar-refractivity contribution in [3.05, 3.63) is 53.6 Å². The van der Waals surface area contributed by atoms with E-state index in [1.165, 1.54) is 0 Å². The second-order valence-corrected chi connectivity index (χ2v) is 6.07. The molecule has 1 amide bonds. The first-order valence-electron chi connectivity index (χ1n) is 8.29. The Labute approximate surface area is 144 Å². The van der Waals surface area contributed by atoms with Gasteiger partial charge in [-0.1, -0.05) is 6.07 Å². The van der Waals surface area contributed by atoms with Gasteiger partial charge >= 0.3 is 0 Å². The minimum Gasteiger partial charge on any atom is -0.496 e. The van der Waals surface area contributed by atoms with Crippen LogP contribution in [0, 0.1) is 6.92 Å². The molecule has 24 heavy (non-hydrogen) atoms. The predicted molar refractivity (Wildman–Crippen MR) is 100 cm³/mol. The van der Waals surface area contributed by atoms with Gasteiger partial charge in [-0.15, -0.1) is 0 Å². The molecule has 4 nitrogen and oxygen atoms in total. The number of amides is 1. The van der Waals surface area contributed by atoms with Crippen LogP contribution >= 0.6 is 0 Å². The molecule has 0 heterocycles. The quantitative estimate of drug-likeness (QED) is 0.850. The van der Waals surface area contributed by atoms with Crippen LogP contribution in [0.2, 0.25) is 0 Å². The Morgan fingerprint density at radius 2 is 1.83 bits per heavy atom. The van der Waals surface area contributed by atoms with E-state index in [2.05, 4.69) is 31.0 Å². The third-order valence-electron chi connectivity index (χ3n) is 4.09. The van der Waals surface area contributed by atoms with Crippen molar-refractivity contribution in [3.63, 3.8) is 0 Å². The number of nitrogens with one attached hydrogen (secondary N) is 1. The molecule has 1 N–H and O–H groups in total. The molecule has 0 bridgehead atoms. The van der Waals surface area contributed by atoms with Crippen LogP contribution in [0.3, 0.4) is 0 Å². The predicted octanol–water partition coefficient (Wildman–Crippen LogP) is 4.49. The molecule has 0 fully saturated rings. The largest absolute Gasteiger partial charge is 0.496 e. The van der Waals surface area contributed by atoms with Gasteiger partial charge in [-0.2, -0.15) is 0 Å². The third-order valence-corrected chi connectivity index (χ3v) is 4.09. The van der Waals surface area contributed by atoms with E-state index >= 15 is 0 Å². The summed E-state index contributed by atoms with van der Waals surface area (Å²) >= 11 is 0. The standard InChI is InChI=1S/C20H26N2O2/c1-6-22(14(2)3)18-11-9-17(10-12-18)21-20(23)16-8-7-15(4)19(13-16)24-5/h7-14H,6H2,1-5H3,(H,21,23). The highest BCUT2D eigenvalue weighted by Gasteiger charge is 2.11. The lowest BCUT2D eigenvalue weighted by Gasteiger charge is -2.27. The molecule has 0 saturated heterocycles. The highest BCUT2D eigenvalue weighted by Crippen LogP contribution is 2.22. The first-order valence-corrected chi connectivity index (χ1v) is 8.29. The van der Waals surface area contributed by atoms with Crippen molar-refractivity contribution in [2.45, 2.75) is 33.7 Å². The van der Waals surface area contributed by atoms with E-state index in [1.54, 1.807) is 19.2 Å². The summed E-state index contributed by atoms with van der Waals surface area (Å²) in [5, 5.41) is 2.93. The maximum atomic E-state index is 12.4. The van der Waals surface area contributed by atoms with Crippen LogP contribution in [-0.2, 0) is 0 Å². The van der Waals surface area contributed by atoms with Gasteiger partial charge in [0, 0.05) is 29.5 Å². The zero-order valence-corrected chi connectivity index (χ0v) is 15.1. The summed E-state index contributed by atoms with van der Waals surface area (Å²) in [6.45, 7) is 9.38. The number of hydrogen-bond acceptors (Lipinski definition) is 3. The van der Waals surface area contributed by atoms with Gasteiger partial charge in [-0.3, -0.25) is 4.79 Å². The summed E-state index contributed by atoms with van der Waals surface area (Å²) in [7, 11) is 1.61. The Balaban J connectivity index is 2.12. The fourth-order valence-corrected chi connectivity index (χ4v) is 2.75. The van der Waals surface area contributed by atoms with Crippen LogP contribution in [0.1, 0.15) is 36.7 Å². The van der Waals surface area contributed by atoms with Crippen molar-refractivity contribution in [3.8, 4) is 5.75 Å². The minimum atomic E-state index is -0.141. The fraction of sp³-hybridized carbons (Fsp3) is 0.350. The van der Waals surface area contributed by atoms with Crippen molar-refractivity contribution < 1.29 is 9.53 Å². The highest BCUT2D eigenvalue weighted by atomic mass is 16.5. The number of methoxy groups -OCH3 is 1. The van der Waals surface area contributed by atoms with E-state index in [1.807, 2.05) is 37.3 Å². The van der Waals surface area contributed by atoms with E-state index in [-0.39, 0.29) is 5.91 Å². The summed E-state index contributed by atoms with van der Waals surface area (Å²) in [5.41, 5.74) is 3.52. The van der Waals surface area contributed by atoms with Gasteiger partial charge in [0.2, 0.25) is 0 Å². The maximum Gasteiger partial charge on any atom is 0.255 e. The molecule has 2 aromatic carbocycles. The monoisotopic (exact) mass is 326 g/mol. The molecule has 2 aromatic rings. The lowest BCUT2D eigenvalue weighted by atomic mass is 10.1. The number of carbonyl (C=O) groups is 1. The summed E-state index contributed by atoms with van der Waals surface area (Å²) < 4.78 is 5.28. The van der Waals surface area contributed by atoms with Crippen LogP contribution in [0.25, 0.3) is 0 Å².